The molecule has 3 N–H and O–H groups in total. The molecule has 0 spiro atoms. The summed E-state index contributed by atoms with van der Waals surface area (Å²) in [5.74, 6) is -1.13. The number of aryl methyl sites for hydroxylation is 1. The Hall–Kier alpha value is -1.45. The Bertz CT molecular complexity index is 765. The summed E-state index contributed by atoms with van der Waals surface area (Å²) in [6.07, 6.45) is 0. The first kappa shape index (κ1) is 17.9. The summed E-state index contributed by atoms with van der Waals surface area (Å²) in [6.45, 7) is 4.09. The van der Waals surface area contributed by atoms with Crippen LogP contribution in [0, 0.1) is 6.92 Å². The summed E-state index contributed by atoms with van der Waals surface area (Å²) >= 11 is 6.93. The number of nitrogens with zero attached hydrogens (tertiary/aromatic N) is 1. The van der Waals surface area contributed by atoms with E-state index in [1.807, 2.05) is 6.92 Å². The van der Waals surface area contributed by atoms with Gasteiger partial charge in [0.05, 0.1) is 11.8 Å². The number of benzene rings is 1. The predicted octanol–water partition coefficient (Wildman–Crippen LogP) is 1.45. The van der Waals surface area contributed by atoms with Crippen molar-refractivity contribution in [3.8, 4) is 0 Å². The maximum absolute atomic E-state index is 12.6. The van der Waals surface area contributed by atoms with Crippen molar-refractivity contribution in [2.45, 2.75) is 29.7 Å². The third-order valence-corrected chi connectivity index (χ3v) is 5.97. The van der Waals surface area contributed by atoms with Gasteiger partial charge in [0.1, 0.15) is 4.90 Å². The summed E-state index contributed by atoms with van der Waals surface area (Å²) in [6, 6.07) is 2.87. The van der Waals surface area contributed by atoms with Crippen molar-refractivity contribution in [1.29, 1.82) is 0 Å². The lowest BCUT2D eigenvalue weighted by molar-refractivity contribution is -0.133. The number of carboxylic acids is 1. The van der Waals surface area contributed by atoms with E-state index in [1.165, 1.54) is 12.1 Å². The van der Waals surface area contributed by atoms with E-state index in [0.29, 0.717) is 17.1 Å². The van der Waals surface area contributed by atoms with Crippen LogP contribution in [0.3, 0.4) is 0 Å². The van der Waals surface area contributed by atoms with E-state index in [9.17, 15) is 13.2 Å². The van der Waals surface area contributed by atoms with Gasteiger partial charge in [0.15, 0.2) is 0 Å². The van der Waals surface area contributed by atoms with Gasteiger partial charge in [-0.3, -0.25) is 4.79 Å². The monoisotopic (exact) mass is 377 g/mol. The van der Waals surface area contributed by atoms with Gasteiger partial charge in [0.2, 0.25) is 5.96 Å². The molecule has 0 saturated carbocycles. The average Bonchev–Trinajstić information content (AvgIpc) is 2.84. The van der Waals surface area contributed by atoms with Gasteiger partial charge in [-0.1, -0.05) is 11.6 Å². The fourth-order valence-electron chi connectivity index (χ4n) is 1.90. The molecule has 1 unspecified atom stereocenters. The third-order valence-electron chi connectivity index (χ3n) is 3.01. The molecule has 0 saturated heterocycles. The fraction of sp³-hybridized carbons (Fsp3) is 0.385. The van der Waals surface area contributed by atoms with Crippen LogP contribution in [0.2, 0.25) is 5.02 Å². The lowest BCUT2D eigenvalue weighted by atomic mass is 10.2. The maximum atomic E-state index is 12.6. The van der Waals surface area contributed by atoms with Gasteiger partial charge in [-0.05, 0) is 31.5 Å². The van der Waals surface area contributed by atoms with Crippen LogP contribution in [0.4, 0.5) is 0 Å². The largest absolute Gasteiger partial charge is 0.481 e. The van der Waals surface area contributed by atoms with E-state index in [4.69, 9.17) is 16.7 Å². The molecular formula is C13H16ClN3O4S2. The molecule has 1 aromatic carbocycles. The summed E-state index contributed by atoms with van der Waals surface area (Å²) in [4.78, 5) is 15.1. The zero-order valence-electron chi connectivity index (χ0n) is 12.5. The number of sulfonamides is 1. The summed E-state index contributed by atoms with van der Waals surface area (Å²) in [5, 5.41) is 12.0. The van der Waals surface area contributed by atoms with Crippen molar-refractivity contribution in [2.75, 3.05) is 12.3 Å². The average molecular weight is 378 g/mol. The number of hydrogen-bond donors (Lipinski definition) is 3. The number of aliphatic carboxylic acids is 1. The topological polar surface area (TPSA) is 108 Å². The van der Waals surface area contributed by atoms with E-state index < -0.39 is 16.0 Å². The molecule has 1 heterocycles. The van der Waals surface area contributed by atoms with Gasteiger partial charge in [-0.15, -0.1) is 11.8 Å². The van der Waals surface area contributed by atoms with Gasteiger partial charge in [0, 0.05) is 16.5 Å². The van der Waals surface area contributed by atoms with Crippen LogP contribution in [0.5, 0.6) is 0 Å². The zero-order chi connectivity index (χ0) is 17.2. The fourth-order valence-corrected chi connectivity index (χ4v) is 4.46. The molecule has 1 atom stereocenters. The highest BCUT2D eigenvalue weighted by Gasteiger charge is 2.24. The molecule has 23 heavy (non-hydrogen) atoms. The molecule has 0 fully saturated rings. The van der Waals surface area contributed by atoms with E-state index in [2.05, 4.69) is 15.0 Å². The van der Waals surface area contributed by atoms with Crippen LogP contribution < -0.4 is 10.0 Å². The smallest absolute Gasteiger partial charge is 0.313 e. The van der Waals surface area contributed by atoms with Crippen LogP contribution in [-0.4, -0.2) is 43.8 Å². The highest BCUT2D eigenvalue weighted by Crippen LogP contribution is 2.31. The number of carboxylic acid groups (broad SMARTS) is 1. The molecule has 1 aliphatic heterocycles. The molecule has 7 nitrogen and oxygen atoms in total. The van der Waals surface area contributed by atoms with Gasteiger partial charge in [-0.2, -0.15) is 0 Å². The molecule has 0 radical (unpaired) electrons. The normalized spacial score (nSPS) is 17.5. The molecule has 126 valence electrons. The first-order valence-electron chi connectivity index (χ1n) is 6.68. The van der Waals surface area contributed by atoms with E-state index >= 15 is 0 Å². The second kappa shape index (κ2) is 6.98. The Morgan fingerprint density at radius 1 is 1.57 bits per heavy atom. The Morgan fingerprint density at radius 3 is 2.83 bits per heavy atom. The number of halogens is 1. The number of carbonyl (C=O) groups is 1. The standard InChI is InChI=1S/C13H16ClN3O4S2/c1-7-3-11(10(4-9(7)14)22-6-12(18)19)23(20,21)17-13-15-5-8(2)16-13/h3-4,8H,5-6H2,1-2H3,(H,18,19)(H2,15,16,17). The number of thioether (sulfide) groups is 1. The number of aliphatic imine (C=N–C) groups is 1. The molecule has 10 heteroatoms. The zero-order valence-corrected chi connectivity index (χ0v) is 14.8. The van der Waals surface area contributed by atoms with Gasteiger partial charge in [0.25, 0.3) is 10.0 Å². The molecule has 2 rings (SSSR count). The van der Waals surface area contributed by atoms with Crippen LogP contribution in [0.15, 0.2) is 26.9 Å². The number of nitrogens with one attached hydrogen (secondary N) is 2. The summed E-state index contributed by atoms with van der Waals surface area (Å²) < 4.78 is 27.6. The molecule has 0 aromatic heterocycles. The van der Waals surface area contributed by atoms with Crippen LogP contribution in [-0.2, 0) is 14.8 Å². The number of hydrogen-bond acceptors (Lipinski definition) is 6. The van der Waals surface area contributed by atoms with E-state index in [-0.39, 0.29) is 27.5 Å². The van der Waals surface area contributed by atoms with Crippen LogP contribution >= 0.6 is 23.4 Å². The van der Waals surface area contributed by atoms with Crippen molar-refractivity contribution in [1.82, 2.24) is 10.0 Å². The minimum Gasteiger partial charge on any atom is -0.481 e. The Morgan fingerprint density at radius 2 is 2.26 bits per heavy atom. The lowest BCUT2D eigenvalue weighted by Gasteiger charge is -2.13. The van der Waals surface area contributed by atoms with Crippen LogP contribution in [0.1, 0.15) is 12.5 Å². The van der Waals surface area contributed by atoms with Crippen molar-refractivity contribution >= 4 is 45.3 Å². The molecule has 0 bridgehead atoms. The second-order valence-electron chi connectivity index (χ2n) is 5.04. The Labute approximate surface area is 143 Å². The quantitative estimate of drug-likeness (QED) is 0.670. The Kier molecular flexibility index (Phi) is 5.43. The highest BCUT2D eigenvalue weighted by molar-refractivity contribution is 8.00. The summed E-state index contributed by atoms with van der Waals surface area (Å²) in [5.41, 5.74) is 0.585. The van der Waals surface area contributed by atoms with Gasteiger partial charge < -0.3 is 10.4 Å². The number of rotatable bonds is 5. The minimum absolute atomic E-state index is 0.0134. The summed E-state index contributed by atoms with van der Waals surface area (Å²) in [7, 11) is -3.90. The first-order valence-corrected chi connectivity index (χ1v) is 9.53. The second-order valence-corrected chi connectivity index (χ2v) is 8.12. The first-order chi connectivity index (χ1) is 10.7. The predicted molar refractivity (Wildman–Crippen MR) is 89.8 cm³/mol. The van der Waals surface area contributed by atoms with Gasteiger partial charge in [-0.25, -0.2) is 18.1 Å². The molecular weight excluding hydrogens is 362 g/mol. The lowest BCUT2D eigenvalue weighted by Crippen LogP contribution is -2.38. The number of guanidine groups is 1. The minimum atomic E-state index is -3.90. The maximum Gasteiger partial charge on any atom is 0.313 e. The molecule has 0 aliphatic carbocycles. The SMILES string of the molecule is Cc1cc(S(=O)(=O)NC2=NC(C)CN2)c(SCC(=O)O)cc1Cl. The van der Waals surface area contributed by atoms with E-state index in [0.717, 1.165) is 11.8 Å². The third kappa shape index (κ3) is 4.52. The molecule has 1 aromatic rings. The molecule has 0 amide bonds. The van der Waals surface area contributed by atoms with E-state index in [1.54, 1.807) is 6.92 Å². The highest BCUT2D eigenvalue weighted by atomic mass is 35.5. The van der Waals surface area contributed by atoms with Crippen molar-refractivity contribution in [3.63, 3.8) is 0 Å². The van der Waals surface area contributed by atoms with Crippen molar-refractivity contribution in [3.05, 3.63) is 22.7 Å². The van der Waals surface area contributed by atoms with Gasteiger partial charge >= 0.3 is 5.97 Å². The van der Waals surface area contributed by atoms with Crippen LogP contribution in [0.25, 0.3) is 0 Å². The van der Waals surface area contributed by atoms with Crippen molar-refractivity contribution < 1.29 is 18.3 Å². The van der Waals surface area contributed by atoms with Crippen molar-refractivity contribution in [2.24, 2.45) is 4.99 Å². The Balaban J connectivity index is 2.37. The molecule has 1 aliphatic rings.